The molecule has 5 aromatic heterocycles. The van der Waals surface area contributed by atoms with Gasteiger partial charge in [-0.15, -0.1) is 0 Å². The van der Waals surface area contributed by atoms with Gasteiger partial charge in [0.15, 0.2) is 17.1 Å². The summed E-state index contributed by atoms with van der Waals surface area (Å²) in [6.07, 6.45) is 7.18. The zero-order valence-corrected chi connectivity index (χ0v) is 20.1. The number of nitrogens with one attached hydrogen (secondary N) is 3. The Bertz CT molecular complexity index is 1600. The van der Waals surface area contributed by atoms with Crippen molar-refractivity contribution >= 4 is 33.8 Å². The summed E-state index contributed by atoms with van der Waals surface area (Å²) in [6.45, 7) is 1.84. The third-order valence-corrected chi connectivity index (χ3v) is 6.82. The number of fused-ring (bicyclic) bond motifs is 2. The van der Waals surface area contributed by atoms with Crippen LogP contribution in [0.4, 0.5) is 5.69 Å². The number of nitrogens with zero attached hydrogens (tertiary/aromatic N) is 6. The molecule has 1 amide bonds. The predicted molar refractivity (Wildman–Crippen MR) is 138 cm³/mol. The average Bonchev–Trinajstić information content (AvgIpc) is 3.52. The smallest absolute Gasteiger partial charge is 0.227 e. The van der Waals surface area contributed by atoms with E-state index >= 15 is 0 Å². The number of carbonyl (C=O) groups excluding carboxylic acids is 1. The molecule has 6 heterocycles. The Labute approximate surface area is 211 Å². The van der Waals surface area contributed by atoms with Crippen molar-refractivity contribution in [1.29, 1.82) is 0 Å². The lowest BCUT2D eigenvalue weighted by Gasteiger charge is -2.28. The maximum Gasteiger partial charge on any atom is 0.227 e. The van der Waals surface area contributed by atoms with Crippen LogP contribution in [0, 0.1) is 5.92 Å². The summed E-state index contributed by atoms with van der Waals surface area (Å²) in [6, 6.07) is 5.48. The number of pyridine rings is 3. The average molecular weight is 499 g/mol. The molecule has 0 saturated carbocycles. The first-order valence-corrected chi connectivity index (χ1v) is 12.0. The summed E-state index contributed by atoms with van der Waals surface area (Å²) in [4.78, 5) is 35.9. The highest BCUT2D eigenvalue weighted by atomic mass is 16.3. The Balaban J connectivity index is 1.31. The number of aliphatic hydroxyl groups is 1. The molecule has 1 saturated heterocycles. The van der Waals surface area contributed by atoms with E-state index in [1.54, 1.807) is 30.9 Å². The Hall–Kier alpha value is -4.26. The SMILES string of the molecule is CN1CCC(C(=O)Nc2cncc(-c3cnc4n[nH]c(-c5nc6nccc(C(N)O)c6[nH]5)c4c3)c2)CC1. The number of rotatable bonds is 5. The molecule has 6 N–H and O–H groups in total. The third kappa shape index (κ3) is 4.42. The van der Waals surface area contributed by atoms with Crippen LogP contribution in [0.25, 0.3) is 44.8 Å². The van der Waals surface area contributed by atoms with Gasteiger partial charge in [0, 0.05) is 41.2 Å². The summed E-state index contributed by atoms with van der Waals surface area (Å²) in [5.74, 6) is 0.526. The Morgan fingerprint density at radius 3 is 2.78 bits per heavy atom. The molecule has 0 radical (unpaired) electrons. The maximum atomic E-state index is 12.8. The predicted octanol–water partition coefficient (Wildman–Crippen LogP) is 2.19. The first kappa shape index (κ1) is 23.2. The highest BCUT2D eigenvalue weighted by molar-refractivity contribution is 5.95. The second-order valence-corrected chi connectivity index (χ2v) is 9.35. The van der Waals surface area contributed by atoms with E-state index in [2.05, 4.69) is 52.4 Å². The first-order valence-electron chi connectivity index (χ1n) is 12.0. The molecular weight excluding hydrogens is 472 g/mol. The number of nitrogens with two attached hydrogens (primary N) is 1. The lowest BCUT2D eigenvalue weighted by molar-refractivity contribution is -0.121. The van der Waals surface area contributed by atoms with Crippen LogP contribution in [-0.2, 0) is 4.79 Å². The molecule has 0 bridgehead atoms. The largest absolute Gasteiger partial charge is 0.374 e. The summed E-state index contributed by atoms with van der Waals surface area (Å²) in [7, 11) is 2.07. The minimum absolute atomic E-state index is 0.00515. The molecule has 12 heteroatoms. The second-order valence-electron chi connectivity index (χ2n) is 9.35. The van der Waals surface area contributed by atoms with Crippen molar-refractivity contribution in [3.05, 3.63) is 48.5 Å². The van der Waals surface area contributed by atoms with Crippen molar-refractivity contribution in [2.24, 2.45) is 11.7 Å². The number of aliphatic hydroxyl groups excluding tert-OH is 1. The van der Waals surface area contributed by atoms with Gasteiger partial charge < -0.3 is 26.0 Å². The fraction of sp³-hybridized carbons (Fsp3) is 0.280. The van der Waals surface area contributed by atoms with Gasteiger partial charge in [-0.3, -0.25) is 14.9 Å². The fourth-order valence-electron chi connectivity index (χ4n) is 4.71. The number of anilines is 1. The number of piperidine rings is 1. The van der Waals surface area contributed by atoms with Crippen LogP contribution < -0.4 is 11.1 Å². The number of aromatic nitrogens is 7. The maximum absolute atomic E-state index is 12.8. The van der Waals surface area contributed by atoms with Gasteiger partial charge in [-0.05, 0) is 51.2 Å². The van der Waals surface area contributed by atoms with Crippen LogP contribution in [0.5, 0.6) is 0 Å². The van der Waals surface area contributed by atoms with Gasteiger partial charge in [0.25, 0.3) is 0 Å². The highest BCUT2D eigenvalue weighted by Crippen LogP contribution is 2.30. The highest BCUT2D eigenvalue weighted by Gasteiger charge is 2.23. The van der Waals surface area contributed by atoms with Gasteiger partial charge in [0.2, 0.25) is 5.91 Å². The van der Waals surface area contributed by atoms with E-state index < -0.39 is 6.23 Å². The van der Waals surface area contributed by atoms with E-state index in [0.717, 1.165) is 42.4 Å². The number of hydrogen-bond donors (Lipinski definition) is 5. The number of amides is 1. The Morgan fingerprint density at radius 2 is 1.97 bits per heavy atom. The topological polar surface area (TPSA) is 175 Å². The van der Waals surface area contributed by atoms with Crippen molar-refractivity contribution in [3.8, 4) is 22.6 Å². The molecule has 0 aliphatic carbocycles. The molecule has 5 aromatic rings. The van der Waals surface area contributed by atoms with E-state index in [-0.39, 0.29) is 11.8 Å². The van der Waals surface area contributed by atoms with Crippen molar-refractivity contribution in [2.45, 2.75) is 19.1 Å². The fourth-order valence-corrected chi connectivity index (χ4v) is 4.71. The lowest BCUT2D eigenvalue weighted by atomic mass is 9.96. The summed E-state index contributed by atoms with van der Waals surface area (Å²) in [5, 5.41) is 21.0. The zero-order chi connectivity index (χ0) is 25.5. The molecule has 0 spiro atoms. The number of imidazole rings is 1. The lowest BCUT2D eigenvalue weighted by Crippen LogP contribution is -2.35. The number of carbonyl (C=O) groups is 1. The molecule has 12 nitrogen and oxygen atoms in total. The Morgan fingerprint density at radius 1 is 1.16 bits per heavy atom. The molecule has 0 aromatic carbocycles. The van der Waals surface area contributed by atoms with Crippen LogP contribution in [0.1, 0.15) is 24.6 Å². The van der Waals surface area contributed by atoms with Gasteiger partial charge in [0.1, 0.15) is 11.9 Å². The molecular formula is C25H26N10O2. The van der Waals surface area contributed by atoms with Crippen molar-refractivity contribution < 1.29 is 9.90 Å². The van der Waals surface area contributed by atoms with Crippen molar-refractivity contribution in [2.75, 3.05) is 25.5 Å². The molecule has 37 heavy (non-hydrogen) atoms. The number of hydrogen-bond acceptors (Lipinski definition) is 9. The summed E-state index contributed by atoms with van der Waals surface area (Å²) in [5.41, 5.74) is 10.6. The molecule has 1 aliphatic rings. The van der Waals surface area contributed by atoms with E-state index in [1.165, 1.54) is 0 Å². The normalized spacial score (nSPS) is 15.9. The van der Waals surface area contributed by atoms with Crippen molar-refractivity contribution in [3.63, 3.8) is 0 Å². The second kappa shape index (κ2) is 9.32. The minimum Gasteiger partial charge on any atom is -0.374 e. The molecule has 6 rings (SSSR count). The van der Waals surface area contributed by atoms with Crippen LogP contribution in [0.15, 0.2) is 43.0 Å². The summed E-state index contributed by atoms with van der Waals surface area (Å²) >= 11 is 0. The third-order valence-electron chi connectivity index (χ3n) is 6.82. The van der Waals surface area contributed by atoms with Crippen molar-refractivity contribution in [1.82, 2.24) is 40.0 Å². The van der Waals surface area contributed by atoms with Gasteiger partial charge >= 0.3 is 0 Å². The first-order chi connectivity index (χ1) is 18.0. The van der Waals surface area contributed by atoms with E-state index in [9.17, 15) is 9.90 Å². The van der Waals surface area contributed by atoms with Gasteiger partial charge in [-0.1, -0.05) is 0 Å². The van der Waals surface area contributed by atoms with Gasteiger partial charge in [0.05, 0.1) is 22.8 Å². The number of likely N-dealkylation sites (tertiary alicyclic amines) is 1. The molecule has 1 aliphatic heterocycles. The zero-order valence-electron chi connectivity index (χ0n) is 20.1. The standard InChI is InChI=1S/C25H26N10O2/c1-35-6-3-13(4-7-35)25(37)30-16-8-14(10-27-12-16)15-9-18-20(33-34-22(18)29-11-15)24-31-19-17(21(26)36)2-5-28-23(19)32-24/h2,5,8-13,21,36H,3-4,6-7,26H2,1H3,(H,30,37)(H,28,31,32)(H,29,33,34). The van der Waals surface area contributed by atoms with Crippen LogP contribution in [-0.4, -0.2) is 71.2 Å². The number of aromatic amines is 2. The molecule has 1 atom stereocenters. The Kier molecular flexibility index (Phi) is 5.83. The summed E-state index contributed by atoms with van der Waals surface area (Å²) < 4.78 is 0. The quantitative estimate of drug-likeness (QED) is 0.227. The van der Waals surface area contributed by atoms with Crippen LogP contribution >= 0.6 is 0 Å². The van der Waals surface area contributed by atoms with E-state index in [0.29, 0.717) is 39.6 Å². The molecule has 1 unspecified atom stereocenters. The molecule has 1 fully saturated rings. The molecule has 188 valence electrons. The van der Waals surface area contributed by atoms with Gasteiger partial charge in [-0.2, -0.15) is 5.10 Å². The van der Waals surface area contributed by atoms with E-state index in [4.69, 9.17) is 5.73 Å². The van der Waals surface area contributed by atoms with Gasteiger partial charge in [-0.25, -0.2) is 15.0 Å². The van der Waals surface area contributed by atoms with E-state index in [1.807, 2.05) is 12.1 Å². The van der Waals surface area contributed by atoms with Crippen LogP contribution in [0.3, 0.4) is 0 Å². The number of H-pyrrole nitrogens is 2. The minimum atomic E-state index is -1.16. The van der Waals surface area contributed by atoms with Crippen LogP contribution in [0.2, 0.25) is 0 Å². The monoisotopic (exact) mass is 498 g/mol.